The lowest BCUT2D eigenvalue weighted by Gasteiger charge is -2.16. The van der Waals surface area contributed by atoms with Crippen molar-refractivity contribution in [2.24, 2.45) is 5.73 Å². The van der Waals surface area contributed by atoms with Crippen molar-refractivity contribution in [2.45, 2.75) is 19.9 Å². The Labute approximate surface area is 78.3 Å². The van der Waals surface area contributed by atoms with Crippen LogP contribution in [0.5, 0.6) is 0 Å². The fraction of sp³-hybridized carbons (Fsp3) is 0.750. The summed E-state index contributed by atoms with van der Waals surface area (Å²) in [6, 6.07) is 0.0916. The van der Waals surface area contributed by atoms with Crippen LogP contribution in [-0.4, -0.2) is 42.9 Å². The van der Waals surface area contributed by atoms with Crippen LogP contribution in [0, 0.1) is 0 Å². The van der Waals surface area contributed by atoms with Gasteiger partial charge in [-0.05, 0) is 13.8 Å². The molecule has 0 atom stereocenters. The van der Waals surface area contributed by atoms with Crippen LogP contribution < -0.4 is 11.1 Å². The van der Waals surface area contributed by atoms with Crippen molar-refractivity contribution in [3.8, 4) is 0 Å². The maximum absolute atomic E-state index is 11.1. The van der Waals surface area contributed by atoms with Gasteiger partial charge in [0.05, 0.1) is 13.1 Å². The lowest BCUT2D eigenvalue weighted by atomic mass is 10.4. The zero-order valence-corrected chi connectivity index (χ0v) is 8.33. The van der Waals surface area contributed by atoms with Gasteiger partial charge in [0, 0.05) is 13.1 Å². The summed E-state index contributed by atoms with van der Waals surface area (Å²) in [5, 5.41) is 2.68. The lowest BCUT2D eigenvalue weighted by molar-refractivity contribution is -0.133. The average Bonchev–Trinajstić information content (AvgIpc) is 2.01. The monoisotopic (exact) mass is 187 g/mol. The highest BCUT2D eigenvalue weighted by Crippen LogP contribution is 1.84. The Hall–Kier alpha value is -1.10. The molecule has 0 aromatic heterocycles. The number of rotatable bonds is 4. The average molecular weight is 187 g/mol. The van der Waals surface area contributed by atoms with E-state index in [1.54, 1.807) is 7.05 Å². The van der Waals surface area contributed by atoms with Crippen LogP contribution in [-0.2, 0) is 9.59 Å². The van der Waals surface area contributed by atoms with Crippen LogP contribution in [0.1, 0.15) is 13.8 Å². The molecule has 0 heterocycles. The Balaban J connectivity index is 3.85. The molecular weight excluding hydrogens is 170 g/mol. The van der Waals surface area contributed by atoms with Gasteiger partial charge in [0.25, 0.3) is 0 Å². The third-order valence-electron chi connectivity index (χ3n) is 1.43. The van der Waals surface area contributed by atoms with Gasteiger partial charge in [-0.1, -0.05) is 0 Å². The second-order valence-corrected chi connectivity index (χ2v) is 3.18. The first-order chi connectivity index (χ1) is 5.97. The van der Waals surface area contributed by atoms with E-state index in [1.165, 1.54) is 4.90 Å². The van der Waals surface area contributed by atoms with Crippen molar-refractivity contribution in [2.75, 3.05) is 20.1 Å². The molecule has 5 heteroatoms. The molecule has 0 aliphatic carbocycles. The van der Waals surface area contributed by atoms with Gasteiger partial charge >= 0.3 is 0 Å². The Morgan fingerprint density at radius 2 is 2.00 bits per heavy atom. The van der Waals surface area contributed by atoms with Crippen LogP contribution >= 0.6 is 0 Å². The minimum Gasteiger partial charge on any atom is -0.352 e. The molecule has 2 amide bonds. The van der Waals surface area contributed by atoms with Gasteiger partial charge in [-0.15, -0.1) is 0 Å². The number of likely N-dealkylation sites (N-methyl/N-ethyl adjacent to an activating group) is 1. The molecule has 0 fully saturated rings. The predicted molar refractivity (Wildman–Crippen MR) is 50.0 cm³/mol. The van der Waals surface area contributed by atoms with E-state index in [-0.39, 0.29) is 30.9 Å². The van der Waals surface area contributed by atoms with Gasteiger partial charge in [0.2, 0.25) is 11.8 Å². The summed E-state index contributed by atoms with van der Waals surface area (Å²) in [7, 11) is 1.55. The van der Waals surface area contributed by atoms with E-state index >= 15 is 0 Å². The Bertz CT molecular complexity index is 192. The highest BCUT2D eigenvalue weighted by molar-refractivity contribution is 5.85. The molecule has 0 aliphatic heterocycles. The Morgan fingerprint density at radius 1 is 1.46 bits per heavy atom. The molecular formula is C8H17N3O2. The van der Waals surface area contributed by atoms with E-state index in [0.29, 0.717) is 0 Å². The maximum Gasteiger partial charge on any atom is 0.239 e. The summed E-state index contributed by atoms with van der Waals surface area (Å²) in [5.41, 5.74) is 5.13. The summed E-state index contributed by atoms with van der Waals surface area (Å²) >= 11 is 0. The number of carbonyl (C=O) groups excluding carboxylic acids is 2. The first-order valence-corrected chi connectivity index (χ1v) is 4.20. The van der Waals surface area contributed by atoms with Crippen LogP contribution in [0.4, 0.5) is 0 Å². The largest absolute Gasteiger partial charge is 0.352 e. The molecule has 0 spiro atoms. The number of nitrogens with two attached hydrogens (primary N) is 1. The second kappa shape index (κ2) is 5.53. The molecule has 0 unspecified atom stereocenters. The molecule has 0 bridgehead atoms. The summed E-state index contributed by atoms with van der Waals surface area (Å²) in [6.45, 7) is 3.73. The predicted octanol–water partition coefficient (Wildman–Crippen LogP) is -1.07. The topological polar surface area (TPSA) is 75.4 Å². The number of nitrogens with one attached hydrogen (secondary N) is 1. The van der Waals surface area contributed by atoms with Gasteiger partial charge in [-0.3, -0.25) is 9.59 Å². The van der Waals surface area contributed by atoms with E-state index in [0.717, 1.165) is 0 Å². The highest BCUT2D eigenvalue weighted by atomic mass is 16.2. The molecule has 0 radical (unpaired) electrons. The quantitative estimate of drug-likeness (QED) is 0.588. The van der Waals surface area contributed by atoms with E-state index in [4.69, 9.17) is 5.73 Å². The molecule has 13 heavy (non-hydrogen) atoms. The Kier molecular flexibility index (Phi) is 5.06. The first kappa shape index (κ1) is 11.9. The zero-order valence-electron chi connectivity index (χ0n) is 8.33. The van der Waals surface area contributed by atoms with Crippen LogP contribution in [0.3, 0.4) is 0 Å². The van der Waals surface area contributed by atoms with Gasteiger partial charge < -0.3 is 16.0 Å². The smallest absolute Gasteiger partial charge is 0.239 e. The summed E-state index contributed by atoms with van der Waals surface area (Å²) in [4.78, 5) is 23.4. The first-order valence-electron chi connectivity index (χ1n) is 4.20. The van der Waals surface area contributed by atoms with E-state index in [1.807, 2.05) is 13.8 Å². The molecule has 0 rings (SSSR count). The number of hydrogen-bond donors (Lipinski definition) is 2. The minimum atomic E-state index is -0.237. The number of carbonyl (C=O) groups is 2. The maximum atomic E-state index is 11.1. The second-order valence-electron chi connectivity index (χ2n) is 3.18. The third kappa shape index (κ3) is 5.19. The lowest BCUT2D eigenvalue weighted by Crippen LogP contribution is -2.42. The van der Waals surface area contributed by atoms with Crippen molar-refractivity contribution in [3.05, 3.63) is 0 Å². The van der Waals surface area contributed by atoms with Crippen molar-refractivity contribution >= 4 is 11.8 Å². The summed E-state index contributed by atoms with van der Waals surface area (Å²) < 4.78 is 0. The molecule has 0 aliphatic rings. The van der Waals surface area contributed by atoms with Crippen molar-refractivity contribution in [3.63, 3.8) is 0 Å². The molecule has 76 valence electrons. The zero-order chi connectivity index (χ0) is 10.4. The standard InChI is InChI=1S/C8H17N3O2/c1-6(2)10-7(12)5-11(3)8(13)4-9/h6H,4-5,9H2,1-3H3,(H,10,12). The number of hydrogen-bond acceptors (Lipinski definition) is 3. The highest BCUT2D eigenvalue weighted by Gasteiger charge is 2.11. The van der Waals surface area contributed by atoms with Gasteiger partial charge in [-0.25, -0.2) is 0 Å². The van der Waals surface area contributed by atoms with Crippen LogP contribution in [0.25, 0.3) is 0 Å². The van der Waals surface area contributed by atoms with E-state index in [2.05, 4.69) is 5.32 Å². The number of amides is 2. The fourth-order valence-electron chi connectivity index (χ4n) is 0.827. The van der Waals surface area contributed by atoms with Crippen molar-refractivity contribution in [1.29, 1.82) is 0 Å². The SMILES string of the molecule is CC(C)NC(=O)CN(C)C(=O)CN. The van der Waals surface area contributed by atoms with Gasteiger partial charge in [0.15, 0.2) is 0 Å². The molecule has 5 nitrogen and oxygen atoms in total. The number of nitrogens with zero attached hydrogens (tertiary/aromatic N) is 1. The van der Waals surface area contributed by atoms with Gasteiger partial charge in [-0.2, -0.15) is 0 Å². The summed E-state index contributed by atoms with van der Waals surface area (Å²) in [5.74, 6) is -0.404. The summed E-state index contributed by atoms with van der Waals surface area (Å²) in [6.07, 6.45) is 0. The third-order valence-corrected chi connectivity index (χ3v) is 1.43. The van der Waals surface area contributed by atoms with Crippen molar-refractivity contribution < 1.29 is 9.59 Å². The molecule has 0 aromatic carbocycles. The van der Waals surface area contributed by atoms with Crippen LogP contribution in [0.2, 0.25) is 0 Å². The van der Waals surface area contributed by atoms with E-state index < -0.39 is 0 Å². The van der Waals surface area contributed by atoms with E-state index in [9.17, 15) is 9.59 Å². The molecule has 3 N–H and O–H groups in total. The van der Waals surface area contributed by atoms with Crippen molar-refractivity contribution in [1.82, 2.24) is 10.2 Å². The molecule has 0 aromatic rings. The normalized spacial score (nSPS) is 9.92. The Morgan fingerprint density at radius 3 is 2.38 bits per heavy atom. The minimum absolute atomic E-state index is 0.0637. The van der Waals surface area contributed by atoms with Crippen LogP contribution in [0.15, 0.2) is 0 Å². The molecule has 0 saturated heterocycles. The molecule has 0 saturated carbocycles. The fourth-order valence-corrected chi connectivity index (χ4v) is 0.827. The van der Waals surface area contributed by atoms with Gasteiger partial charge in [0.1, 0.15) is 0 Å².